The second-order valence-electron chi connectivity index (χ2n) is 8.00. The minimum atomic E-state index is 0. The molecule has 2 heterocycles. The number of rotatable bonds is 7. The monoisotopic (exact) mass is 516 g/mol. The van der Waals surface area contributed by atoms with Gasteiger partial charge in [-0.05, 0) is 57.3 Å². The molecule has 0 aliphatic carbocycles. The second-order valence-corrected chi connectivity index (χ2v) is 8.00. The van der Waals surface area contributed by atoms with Crippen LogP contribution in [0.4, 0.5) is 0 Å². The zero-order valence-electron chi connectivity index (χ0n) is 18.1. The lowest BCUT2D eigenvalue weighted by molar-refractivity contribution is 0.197. The summed E-state index contributed by atoms with van der Waals surface area (Å²) in [6.07, 6.45) is 5.43. The van der Waals surface area contributed by atoms with Crippen molar-refractivity contribution in [3.05, 3.63) is 24.3 Å². The first-order valence-corrected chi connectivity index (χ1v) is 10.7. The summed E-state index contributed by atoms with van der Waals surface area (Å²) in [5, 5.41) is 3.49. The zero-order valence-corrected chi connectivity index (χ0v) is 20.4. The lowest BCUT2D eigenvalue weighted by atomic mass is 10.1. The van der Waals surface area contributed by atoms with Gasteiger partial charge >= 0.3 is 0 Å². The van der Waals surface area contributed by atoms with Gasteiger partial charge < -0.3 is 24.6 Å². The number of halogens is 1. The van der Waals surface area contributed by atoms with Gasteiger partial charge in [0.05, 0.1) is 13.7 Å². The van der Waals surface area contributed by atoms with Crippen molar-refractivity contribution in [1.29, 1.82) is 0 Å². The highest BCUT2D eigenvalue weighted by molar-refractivity contribution is 14.0. The summed E-state index contributed by atoms with van der Waals surface area (Å²) in [5.74, 6) is 3.38. The van der Waals surface area contributed by atoms with Crippen LogP contribution in [0.3, 0.4) is 0 Å². The Morgan fingerprint density at radius 1 is 1.21 bits per heavy atom. The third-order valence-corrected chi connectivity index (χ3v) is 5.69. The molecule has 0 radical (unpaired) electrons. The molecular weight excluding hydrogens is 479 g/mol. The summed E-state index contributed by atoms with van der Waals surface area (Å²) < 4.78 is 11.3. The largest absolute Gasteiger partial charge is 0.497 e. The number of methoxy groups -OCH3 is 1. The van der Waals surface area contributed by atoms with Crippen molar-refractivity contribution in [3.8, 4) is 11.5 Å². The number of ether oxygens (including phenoxy) is 2. The predicted molar refractivity (Wildman–Crippen MR) is 130 cm³/mol. The van der Waals surface area contributed by atoms with Crippen molar-refractivity contribution in [2.75, 3.05) is 53.4 Å². The maximum absolute atomic E-state index is 6.01. The van der Waals surface area contributed by atoms with Crippen LogP contribution in [-0.4, -0.2) is 75.3 Å². The predicted octanol–water partition coefficient (Wildman–Crippen LogP) is 3.46. The Hall–Kier alpha value is -1.22. The lowest BCUT2D eigenvalue weighted by Gasteiger charge is -2.29. The van der Waals surface area contributed by atoms with E-state index in [1.54, 1.807) is 7.11 Å². The highest BCUT2D eigenvalue weighted by Gasteiger charge is 2.27. The smallest absolute Gasteiger partial charge is 0.193 e. The molecule has 0 aromatic heterocycles. The van der Waals surface area contributed by atoms with Crippen LogP contribution in [0.15, 0.2) is 29.3 Å². The molecule has 29 heavy (non-hydrogen) atoms. The van der Waals surface area contributed by atoms with Gasteiger partial charge in [-0.2, -0.15) is 0 Å². The molecule has 1 aromatic carbocycles. The van der Waals surface area contributed by atoms with E-state index in [9.17, 15) is 0 Å². The van der Waals surface area contributed by atoms with Crippen molar-refractivity contribution < 1.29 is 9.47 Å². The number of hydrogen-bond acceptors (Lipinski definition) is 4. The van der Waals surface area contributed by atoms with Gasteiger partial charge in [-0.15, -0.1) is 24.0 Å². The van der Waals surface area contributed by atoms with E-state index in [1.165, 1.54) is 45.3 Å². The average Bonchev–Trinajstić information content (AvgIpc) is 3.17. The van der Waals surface area contributed by atoms with Crippen molar-refractivity contribution in [1.82, 2.24) is 15.1 Å². The fourth-order valence-electron chi connectivity index (χ4n) is 4.20. The molecule has 0 saturated carbocycles. The zero-order chi connectivity index (χ0) is 19.8. The van der Waals surface area contributed by atoms with Gasteiger partial charge in [0, 0.05) is 32.7 Å². The number of piperidine rings is 1. The SMILES string of the molecule is CN=C(NCC(C)Oc1cccc(OC)c1)N1CCC(CN2CCCCC2)C1.I. The first-order chi connectivity index (χ1) is 13.7. The molecule has 164 valence electrons. The standard InChI is InChI=1S/C22H36N4O2.HI/c1-18(28-21-9-7-8-20(14-21)27-3)15-24-22(23-2)26-13-10-19(17-26)16-25-11-5-4-6-12-25;/h7-9,14,18-19H,4-6,10-13,15-17H2,1-3H3,(H,23,24);1H. The lowest BCUT2D eigenvalue weighted by Crippen LogP contribution is -2.44. The molecule has 0 bridgehead atoms. The molecule has 0 amide bonds. The second kappa shape index (κ2) is 12.5. The van der Waals surface area contributed by atoms with E-state index >= 15 is 0 Å². The van der Waals surface area contributed by atoms with Crippen LogP contribution in [0.2, 0.25) is 0 Å². The van der Waals surface area contributed by atoms with E-state index in [0.717, 1.165) is 43.0 Å². The van der Waals surface area contributed by atoms with Crippen LogP contribution in [0.25, 0.3) is 0 Å². The molecule has 2 saturated heterocycles. The average molecular weight is 516 g/mol. The number of benzene rings is 1. The van der Waals surface area contributed by atoms with Gasteiger partial charge in [0.2, 0.25) is 0 Å². The van der Waals surface area contributed by atoms with Crippen LogP contribution >= 0.6 is 24.0 Å². The molecule has 2 unspecified atom stereocenters. The molecule has 1 N–H and O–H groups in total. The van der Waals surface area contributed by atoms with Crippen molar-refractivity contribution in [3.63, 3.8) is 0 Å². The van der Waals surface area contributed by atoms with E-state index < -0.39 is 0 Å². The van der Waals surface area contributed by atoms with E-state index in [-0.39, 0.29) is 30.1 Å². The molecular formula is C22H37IN4O2. The molecule has 2 aliphatic heterocycles. The van der Waals surface area contributed by atoms with Crippen LogP contribution in [-0.2, 0) is 0 Å². The van der Waals surface area contributed by atoms with Crippen molar-refractivity contribution >= 4 is 29.9 Å². The van der Waals surface area contributed by atoms with E-state index in [0.29, 0.717) is 0 Å². The van der Waals surface area contributed by atoms with Crippen molar-refractivity contribution in [2.24, 2.45) is 10.9 Å². The van der Waals surface area contributed by atoms with E-state index in [2.05, 4.69) is 27.0 Å². The van der Waals surface area contributed by atoms with Crippen LogP contribution in [0, 0.1) is 5.92 Å². The fraction of sp³-hybridized carbons (Fsp3) is 0.682. The van der Waals surface area contributed by atoms with Gasteiger partial charge in [0.25, 0.3) is 0 Å². The Bertz CT molecular complexity index is 637. The fourth-order valence-corrected chi connectivity index (χ4v) is 4.20. The normalized spacial score (nSPS) is 21.4. The minimum absolute atomic E-state index is 0. The first-order valence-electron chi connectivity index (χ1n) is 10.7. The Morgan fingerprint density at radius 3 is 2.69 bits per heavy atom. The maximum Gasteiger partial charge on any atom is 0.193 e. The van der Waals surface area contributed by atoms with Gasteiger partial charge in [0.1, 0.15) is 17.6 Å². The van der Waals surface area contributed by atoms with Gasteiger partial charge in [-0.3, -0.25) is 4.99 Å². The van der Waals surface area contributed by atoms with Crippen LogP contribution in [0.5, 0.6) is 11.5 Å². The molecule has 1 aromatic rings. The van der Waals surface area contributed by atoms with Crippen molar-refractivity contribution in [2.45, 2.75) is 38.7 Å². The Morgan fingerprint density at radius 2 is 1.97 bits per heavy atom. The highest BCUT2D eigenvalue weighted by Crippen LogP contribution is 2.21. The quantitative estimate of drug-likeness (QED) is 0.342. The molecule has 2 aliphatic rings. The third kappa shape index (κ3) is 7.51. The minimum Gasteiger partial charge on any atom is -0.497 e. The molecule has 2 atom stereocenters. The highest BCUT2D eigenvalue weighted by atomic mass is 127. The van der Waals surface area contributed by atoms with Gasteiger partial charge in [-0.25, -0.2) is 0 Å². The maximum atomic E-state index is 6.01. The van der Waals surface area contributed by atoms with E-state index in [1.807, 2.05) is 31.3 Å². The summed E-state index contributed by atoms with van der Waals surface area (Å²) in [6.45, 7) is 8.78. The molecule has 2 fully saturated rings. The number of nitrogens with one attached hydrogen (secondary N) is 1. The third-order valence-electron chi connectivity index (χ3n) is 5.69. The number of aliphatic imine (C=N–C) groups is 1. The Kier molecular flexibility index (Phi) is 10.3. The van der Waals surface area contributed by atoms with Gasteiger partial charge in [-0.1, -0.05) is 12.5 Å². The summed E-state index contributed by atoms with van der Waals surface area (Å²) >= 11 is 0. The molecule has 6 nitrogen and oxygen atoms in total. The summed E-state index contributed by atoms with van der Waals surface area (Å²) in [4.78, 5) is 9.55. The first kappa shape index (κ1) is 24.1. The number of nitrogens with zero attached hydrogens (tertiary/aromatic N) is 3. The number of likely N-dealkylation sites (tertiary alicyclic amines) is 2. The van der Waals surface area contributed by atoms with Crippen LogP contribution < -0.4 is 14.8 Å². The summed E-state index contributed by atoms with van der Waals surface area (Å²) in [7, 11) is 3.54. The molecule has 3 rings (SSSR count). The molecule has 0 spiro atoms. The summed E-state index contributed by atoms with van der Waals surface area (Å²) in [5.41, 5.74) is 0. The van der Waals surface area contributed by atoms with E-state index in [4.69, 9.17) is 9.47 Å². The Labute approximate surface area is 193 Å². The van der Waals surface area contributed by atoms with Crippen LogP contribution in [0.1, 0.15) is 32.6 Å². The Balaban J connectivity index is 0.00000300. The number of hydrogen-bond donors (Lipinski definition) is 1. The van der Waals surface area contributed by atoms with Gasteiger partial charge in [0.15, 0.2) is 5.96 Å². The summed E-state index contributed by atoms with van der Waals surface area (Å²) in [6, 6.07) is 7.74. The topological polar surface area (TPSA) is 49.3 Å². The number of guanidine groups is 1. The molecule has 7 heteroatoms.